The molecule has 0 aliphatic carbocycles. The Kier molecular flexibility index (Phi) is 4.92. The molecule has 0 unspecified atom stereocenters. The first-order valence-electron chi connectivity index (χ1n) is 3.70. The third-order valence-corrected chi connectivity index (χ3v) is 1.27. The third-order valence-electron chi connectivity index (χ3n) is 1.27. The quantitative estimate of drug-likeness (QED) is 0.492. The molecular formula is C8H10O6S. The van der Waals surface area contributed by atoms with Crippen LogP contribution in [0.1, 0.15) is 17.3 Å². The fraction of sp³-hybridized carbons (Fsp3) is 0.125. The normalized spacial score (nSPS) is 10.1. The SMILES string of the molecule is CC(=O)c1ccc(O)cc1.O=S(=O)(O)O. The van der Waals surface area contributed by atoms with Gasteiger partial charge in [0, 0.05) is 5.56 Å². The molecule has 0 aromatic heterocycles. The molecule has 0 amide bonds. The summed E-state index contributed by atoms with van der Waals surface area (Å²) in [4.78, 5) is 10.7. The summed E-state index contributed by atoms with van der Waals surface area (Å²) in [6, 6.07) is 6.18. The number of benzene rings is 1. The van der Waals surface area contributed by atoms with Gasteiger partial charge in [0.1, 0.15) is 5.75 Å². The van der Waals surface area contributed by atoms with E-state index in [0.29, 0.717) is 5.56 Å². The Balaban J connectivity index is 0.000000336. The average molecular weight is 234 g/mol. The highest BCUT2D eigenvalue weighted by atomic mass is 32.3. The van der Waals surface area contributed by atoms with Crippen molar-refractivity contribution in [2.75, 3.05) is 0 Å². The molecule has 0 aliphatic rings. The van der Waals surface area contributed by atoms with Gasteiger partial charge in [-0.25, -0.2) is 0 Å². The van der Waals surface area contributed by atoms with E-state index < -0.39 is 10.4 Å². The number of phenolic OH excluding ortho intramolecular Hbond substituents is 1. The van der Waals surface area contributed by atoms with E-state index in [0.717, 1.165) is 0 Å². The number of hydrogen-bond donors (Lipinski definition) is 3. The van der Waals surface area contributed by atoms with Gasteiger partial charge in [-0.05, 0) is 31.2 Å². The Bertz CT molecular complexity index is 411. The Hall–Kier alpha value is -1.44. The molecule has 6 nitrogen and oxygen atoms in total. The van der Waals surface area contributed by atoms with E-state index in [4.69, 9.17) is 22.6 Å². The van der Waals surface area contributed by atoms with Crippen LogP contribution in [0.15, 0.2) is 24.3 Å². The Morgan fingerprint density at radius 1 is 1.13 bits per heavy atom. The van der Waals surface area contributed by atoms with Crippen LogP contribution in [0.3, 0.4) is 0 Å². The predicted octanol–water partition coefficient (Wildman–Crippen LogP) is 0.942. The zero-order chi connectivity index (χ0) is 12.1. The number of carbonyl (C=O) groups excluding carboxylic acids is 1. The third kappa shape index (κ3) is 8.88. The molecule has 0 saturated heterocycles. The van der Waals surface area contributed by atoms with Crippen molar-refractivity contribution in [1.29, 1.82) is 0 Å². The van der Waals surface area contributed by atoms with Gasteiger partial charge in [-0.1, -0.05) is 0 Å². The van der Waals surface area contributed by atoms with Crippen molar-refractivity contribution >= 4 is 16.2 Å². The standard InChI is InChI=1S/C8H8O2.H2O4S/c1-6(9)7-2-4-8(10)5-3-7;1-5(2,3)4/h2-5,10H,1H3;(H2,1,2,3,4). The average Bonchev–Trinajstić information content (AvgIpc) is 2.01. The summed E-state index contributed by atoms with van der Waals surface area (Å²) >= 11 is 0. The van der Waals surface area contributed by atoms with Gasteiger partial charge < -0.3 is 5.11 Å². The lowest BCUT2D eigenvalue weighted by molar-refractivity contribution is 0.101. The smallest absolute Gasteiger partial charge is 0.394 e. The van der Waals surface area contributed by atoms with E-state index in [1.807, 2.05) is 0 Å². The first kappa shape index (κ1) is 13.6. The minimum Gasteiger partial charge on any atom is -0.508 e. The van der Waals surface area contributed by atoms with E-state index >= 15 is 0 Å². The van der Waals surface area contributed by atoms with Gasteiger partial charge in [0.15, 0.2) is 5.78 Å². The maximum absolute atomic E-state index is 10.7. The van der Waals surface area contributed by atoms with Crippen molar-refractivity contribution < 1.29 is 27.4 Å². The molecule has 0 radical (unpaired) electrons. The van der Waals surface area contributed by atoms with Crippen LogP contribution < -0.4 is 0 Å². The molecule has 0 bridgehead atoms. The monoisotopic (exact) mass is 234 g/mol. The summed E-state index contributed by atoms with van der Waals surface area (Å²) in [5.74, 6) is 0.199. The minimum absolute atomic E-state index is 0.0139. The lowest BCUT2D eigenvalue weighted by Gasteiger charge is -1.93. The van der Waals surface area contributed by atoms with Gasteiger partial charge in [0.05, 0.1) is 0 Å². The van der Waals surface area contributed by atoms with Crippen molar-refractivity contribution in [2.45, 2.75) is 6.92 Å². The summed E-state index contributed by atoms with van der Waals surface area (Å²) in [6.07, 6.45) is 0. The Morgan fingerprint density at radius 3 is 1.73 bits per heavy atom. The number of aromatic hydroxyl groups is 1. The highest BCUT2D eigenvalue weighted by Crippen LogP contribution is 2.09. The van der Waals surface area contributed by atoms with Gasteiger partial charge in [0.2, 0.25) is 0 Å². The Labute approximate surface area is 86.8 Å². The van der Waals surface area contributed by atoms with Crippen molar-refractivity contribution in [2.24, 2.45) is 0 Å². The number of rotatable bonds is 1. The van der Waals surface area contributed by atoms with Crippen LogP contribution in [-0.2, 0) is 10.4 Å². The van der Waals surface area contributed by atoms with Crippen LogP contribution in [0.5, 0.6) is 5.75 Å². The summed E-state index contributed by atoms with van der Waals surface area (Å²) in [5, 5.41) is 8.83. The molecule has 0 spiro atoms. The molecule has 7 heteroatoms. The molecule has 1 rings (SSSR count). The van der Waals surface area contributed by atoms with Crippen molar-refractivity contribution in [3.8, 4) is 5.75 Å². The zero-order valence-electron chi connectivity index (χ0n) is 7.78. The number of carbonyl (C=O) groups is 1. The van der Waals surface area contributed by atoms with Gasteiger partial charge in [-0.2, -0.15) is 8.42 Å². The molecular weight excluding hydrogens is 224 g/mol. The van der Waals surface area contributed by atoms with Gasteiger partial charge >= 0.3 is 10.4 Å². The van der Waals surface area contributed by atoms with Crippen LogP contribution in [-0.4, -0.2) is 28.4 Å². The van der Waals surface area contributed by atoms with Crippen LogP contribution in [0.2, 0.25) is 0 Å². The first-order chi connectivity index (χ1) is 6.70. The summed E-state index contributed by atoms with van der Waals surface area (Å²) in [5.41, 5.74) is 0.623. The van der Waals surface area contributed by atoms with Gasteiger partial charge in [-0.3, -0.25) is 13.9 Å². The van der Waals surface area contributed by atoms with E-state index in [1.54, 1.807) is 12.1 Å². The second-order valence-corrected chi connectivity index (χ2v) is 3.45. The van der Waals surface area contributed by atoms with Crippen molar-refractivity contribution in [3.05, 3.63) is 29.8 Å². The lowest BCUT2D eigenvalue weighted by atomic mass is 10.1. The molecule has 0 heterocycles. The Morgan fingerprint density at radius 2 is 1.47 bits per heavy atom. The largest absolute Gasteiger partial charge is 0.508 e. The lowest BCUT2D eigenvalue weighted by Crippen LogP contribution is -1.89. The molecule has 15 heavy (non-hydrogen) atoms. The molecule has 0 atom stereocenters. The molecule has 84 valence electrons. The highest BCUT2D eigenvalue weighted by molar-refractivity contribution is 7.79. The number of hydrogen-bond acceptors (Lipinski definition) is 4. The second kappa shape index (κ2) is 5.44. The molecule has 1 aromatic carbocycles. The van der Waals surface area contributed by atoms with Crippen molar-refractivity contribution in [1.82, 2.24) is 0 Å². The maximum atomic E-state index is 10.7. The zero-order valence-corrected chi connectivity index (χ0v) is 8.60. The number of ketones is 1. The molecule has 3 N–H and O–H groups in total. The fourth-order valence-electron chi connectivity index (χ4n) is 0.696. The molecule has 1 aromatic rings. The van der Waals surface area contributed by atoms with Gasteiger partial charge in [0.25, 0.3) is 0 Å². The number of Topliss-reactive ketones (excluding diaryl/α,β-unsaturated/α-hetero) is 1. The topological polar surface area (TPSA) is 112 Å². The van der Waals surface area contributed by atoms with Crippen LogP contribution in [0, 0.1) is 0 Å². The van der Waals surface area contributed by atoms with E-state index in [9.17, 15) is 4.79 Å². The van der Waals surface area contributed by atoms with Crippen LogP contribution in [0.25, 0.3) is 0 Å². The molecule has 0 fully saturated rings. The summed E-state index contributed by atoms with van der Waals surface area (Å²) in [6.45, 7) is 1.49. The summed E-state index contributed by atoms with van der Waals surface area (Å²) in [7, 11) is -4.67. The first-order valence-corrected chi connectivity index (χ1v) is 5.09. The fourth-order valence-corrected chi connectivity index (χ4v) is 0.696. The highest BCUT2D eigenvalue weighted by Gasteiger charge is 1.96. The van der Waals surface area contributed by atoms with Crippen LogP contribution in [0.4, 0.5) is 0 Å². The van der Waals surface area contributed by atoms with E-state index in [-0.39, 0.29) is 11.5 Å². The summed E-state index contributed by atoms with van der Waals surface area (Å²) < 4.78 is 31.6. The second-order valence-electron chi connectivity index (χ2n) is 2.55. The molecule has 0 aliphatic heterocycles. The van der Waals surface area contributed by atoms with Gasteiger partial charge in [-0.15, -0.1) is 0 Å². The molecule has 0 saturated carbocycles. The maximum Gasteiger partial charge on any atom is 0.394 e. The predicted molar refractivity (Wildman–Crippen MR) is 52.3 cm³/mol. The van der Waals surface area contributed by atoms with E-state index in [2.05, 4.69) is 0 Å². The minimum atomic E-state index is -4.67. The number of phenols is 1. The van der Waals surface area contributed by atoms with Crippen molar-refractivity contribution in [3.63, 3.8) is 0 Å². The van der Waals surface area contributed by atoms with E-state index in [1.165, 1.54) is 19.1 Å². The van der Waals surface area contributed by atoms with Crippen LogP contribution >= 0.6 is 0 Å².